The van der Waals surface area contributed by atoms with Crippen LogP contribution in [0.3, 0.4) is 0 Å². The van der Waals surface area contributed by atoms with Gasteiger partial charge in [0.2, 0.25) is 0 Å². The van der Waals surface area contributed by atoms with Crippen LogP contribution in [0.4, 0.5) is 4.79 Å². The molecule has 2 aromatic rings. The van der Waals surface area contributed by atoms with E-state index in [1.807, 2.05) is 17.9 Å². The number of carbonyl (C=O) groups is 1. The number of rotatable bonds is 4. The second kappa shape index (κ2) is 6.55. The average Bonchev–Trinajstić information content (AvgIpc) is 3.29. The lowest BCUT2D eigenvalue weighted by Gasteiger charge is -2.22. The lowest BCUT2D eigenvalue weighted by Crippen LogP contribution is -2.40. The van der Waals surface area contributed by atoms with Crippen molar-refractivity contribution in [3.63, 3.8) is 0 Å². The molecule has 7 heteroatoms. The Balaban J connectivity index is 1.32. The summed E-state index contributed by atoms with van der Waals surface area (Å²) in [6.45, 7) is 3.30. The predicted octanol–water partition coefficient (Wildman–Crippen LogP) is 3.02. The molecule has 2 aliphatic rings. The zero-order valence-corrected chi connectivity index (χ0v) is 14.7. The Labute approximate surface area is 145 Å². The molecule has 0 radical (unpaired) electrons. The molecule has 0 saturated carbocycles. The van der Waals surface area contributed by atoms with Gasteiger partial charge in [-0.25, -0.2) is 9.78 Å². The Morgan fingerprint density at radius 2 is 2.38 bits per heavy atom. The molecule has 1 saturated heterocycles. The number of aryl methyl sites for hydroxylation is 3. The summed E-state index contributed by atoms with van der Waals surface area (Å²) in [5.41, 5.74) is 2.13. The number of nitrogens with zero attached hydrogens (tertiary/aromatic N) is 3. The fraction of sp³-hybridized carbons (Fsp3) is 0.588. The molecule has 6 nitrogen and oxygen atoms in total. The average molecular weight is 346 g/mol. The molecule has 2 aromatic heterocycles. The van der Waals surface area contributed by atoms with E-state index in [1.54, 1.807) is 11.3 Å². The van der Waals surface area contributed by atoms with E-state index in [-0.39, 0.29) is 12.1 Å². The molecule has 3 heterocycles. The van der Waals surface area contributed by atoms with Gasteiger partial charge in [0.1, 0.15) is 0 Å². The van der Waals surface area contributed by atoms with E-state index in [4.69, 9.17) is 4.52 Å². The van der Waals surface area contributed by atoms with Crippen LogP contribution < -0.4 is 5.32 Å². The van der Waals surface area contributed by atoms with Crippen molar-refractivity contribution in [2.75, 3.05) is 13.1 Å². The lowest BCUT2D eigenvalue weighted by molar-refractivity contribution is 0.182. The highest BCUT2D eigenvalue weighted by molar-refractivity contribution is 7.11. The van der Waals surface area contributed by atoms with Gasteiger partial charge in [-0.2, -0.15) is 0 Å². The van der Waals surface area contributed by atoms with Crippen LogP contribution >= 0.6 is 11.3 Å². The second-order valence-corrected chi connectivity index (χ2v) is 7.70. The highest BCUT2D eigenvalue weighted by atomic mass is 32.1. The largest absolute Gasteiger partial charge is 0.359 e. The normalized spacial score (nSPS) is 19.7. The van der Waals surface area contributed by atoms with Crippen LogP contribution in [0.25, 0.3) is 0 Å². The van der Waals surface area contributed by atoms with Gasteiger partial charge in [0.05, 0.1) is 22.4 Å². The van der Waals surface area contributed by atoms with Crippen LogP contribution in [0, 0.1) is 6.92 Å². The summed E-state index contributed by atoms with van der Waals surface area (Å²) in [7, 11) is 0. The zero-order chi connectivity index (χ0) is 16.5. The Morgan fingerprint density at radius 3 is 3.17 bits per heavy atom. The Hall–Kier alpha value is -1.89. The minimum Gasteiger partial charge on any atom is -0.359 e. The SMILES string of the molecule is Cc1cc([C@@H]2CCCN2C(=O)NCCc2nc3c(s2)CCC3)on1. The number of amides is 2. The van der Waals surface area contributed by atoms with Gasteiger partial charge in [0.25, 0.3) is 0 Å². The van der Waals surface area contributed by atoms with Gasteiger partial charge in [-0.05, 0) is 39.0 Å². The molecule has 0 bridgehead atoms. The fourth-order valence-corrected chi connectivity index (χ4v) is 4.73. The molecule has 1 N–H and O–H groups in total. The molecule has 1 atom stereocenters. The van der Waals surface area contributed by atoms with Gasteiger partial charge in [-0.1, -0.05) is 5.16 Å². The molecule has 1 fully saturated rings. The standard InChI is InChI=1S/C17H22N4O2S/c1-11-10-14(23-20-11)13-5-3-9-21(13)17(22)18-8-7-16-19-12-4-2-6-15(12)24-16/h10,13H,2-9H2,1H3,(H,18,22)/t13-/m0/s1. The minimum absolute atomic E-state index is 0.00913. The molecular weight excluding hydrogens is 324 g/mol. The van der Waals surface area contributed by atoms with Crippen molar-refractivity contribution in [3.8, 4) is 0 Å². The van der Waals surface area contributed by atoms with E-state index < -0.39 is 0 Å². The van der Waals surface area contributed by atoms with Gasteiger partial charge in [-0.15, -0.1) is 11.3 Å². The van der Waals surface area contributed by atoms with E-state index in [1.165, 1.54) is 23.4 Å². The minimum atomic E-state index is -0.0179. The summed E-state index contributed by atoms with van der Waals surface area (Å²) in [6.07, 6.45) is 6.26. The van der Waals surface area contributed by atoms with Crippen molar-refractivity contribution < 1.29 is 9.32 Å². The number of urea groups is 1. The molecule has 1 aliphatic carbocycles. The zero-order valence-electron chi connectivity index (χ0n) is 13.9. The Bertz CT molecular complexity index is 717. The van der Waals surface area contributed by atoms with Gasteiger partial charge in [0, 0.05) is 30.5 Å². The van der Waals surface area contributed by atoms with Crippen molar-refractivity contribution in [2.45, 2.75) is 51.5 Å². The van der Waals surface area contributed by atoms with E-state index in [9.17, 15) is 4.79 Å². The second-order valence-electron chi connectivity index (χ2n) is 6.54. The predicted molar refractivity (Wildman–Crippen MR) is 91.2 cm³/mol. The van der Waals surface area contributed by atoms with Crippen molar-refractivity contribution >= 4 is 17.4 Å². The first-order valence-corrected chi connectivity index (χ1v) is 9.47. The molecule has 4 rings (SSSR count). The van der Waals surface area contributed by atoms with Crippen molar-refractivity contribution in [2.24, 2.45) is 0 Å². The molecule has 0 spiro atoms. The van der Waals surface area contributed by atoms with Crippen LogP contribution in [-0.2, 0) is 19.3 Å². The first-order valence-electron chi connectivity index (χ1n) is 8.66. The topological polar surface area (TPSA) is 71.3 Å². The molecule has 0 aromatic carbocycles. The highest BCUT2D eigenvalue weighted by Crippen LogP contribution is 2.32. The van der Waals surface area contributed by atoms with E-state index in [0.29, 0.717) is 6.54 Å². The van der Waals surface area contributed by atoms with Crippen molar-refractivity contribution in [1.29, 1.82) is 0 Å². The third kappa shape index (κ3) is 3.05. The number of hydrogen-bond acceptors (Lipinski definition) is 5. The molecule has 24 heavy (non-hydrogen) atoms. The maximum atomic E-state index is 12.5. The highest BCUT2D eigenvalue weighted by Gasteiger charge is 2.32. The van der Waals surface area contributed by atoms with Gasteiger partial charge < -0.3 is 14.7 Å². The first-order chi connectivity index (χ1) is 11.7. The number of aromatic nitrogens is 2. The van der Waals surface area contributed by atoms with Crippen molar-refractivity contribution in [1.82, 2.24) is 20.4 Å². The smallest absolute Gasteiger partial charge is 0.318 e. The van der Waals surface area contributed by atoms with Crippen molar-refractivity contribution in [3.05, 3.63) is 33.1 Å². The molecule has 128 valence electrons. The molecule has 2 amide bonds. The summed E-state index contributed by atoms with van der Waals surface area (Å²) < 4.78 is 5.36. The summed E-state index contributed by atoms with van der Waals surface area (Å²) in [5.74, 6) is 0.788. The number of likely N-dealkylation sites (tertiary alicyclic amines) is 1. The third-order valence-electron chi connectivity index (χ3n) is 4.74. The third-order valence-corrected chi connectivity index (χ3v) is 5.96. The van der Waals surface area contributed by atoms with Gasteiger partial charge >= 0.3 is 6.03 Å². The Morgan fingerprint density at radius 1 is 1.46 bits per heavy atom. The number of fused-ring (bicyclic) bond motifs is 1. The van der Waals surface area contributed by atoms with Gasteiger partial charge in [0.15, 0.2) is 5.76 Å². The monoisotopic (exact) mass is 346 g/mol. The van der Waals surface area contributed by atoms with E-state index >= 15 is 0 Å². The first kappa shape index (κ1) is 15.6. The molecule has 1 aliphatic heterocycles. The van der Waals surface area contributed by atoms with E-state index in [2.05, 4.69) is 15.5 Å². The number of nitrogens with one attached hydrogen (secondary N) is 1. The number of thiazole rings is 1. The van der Waals surface area contributed by atoms with Crippen LogP contribution in [0.5, 0.6) is 0 Å². The number of hydrogen-bond donors (Lipinski definition) is 1. The maximum absolute atomic E-state index is 12.5. The maximum Gasteiger partial charge on any atom is 0.318 e. The summed E-state index contributed by atoms with van der Waals surface area (Å²) in [5, 5.41) is 8.12. The fourth-order valence-electron chi connectivity index (χ4n) is 3.57. The van der Waals surface area contributed by atoms with Gasteiger partial charge in [-0.3, -0.25) is 0 Å². The van der Waals surface area contributed by atoms with Crippen LogP contribution in [0.1, 0.15) is 52.3 Å². The summed E-state index contributed by atoms with van der Waals surface area (Å²) in [6, 6.07) is 1.92. The quantitative estimate of drug-likeness (QED) is 0.924. The summed E-state index contributed by atoms with van der Waals surface area (Å²) in [4.78, 5) is 20.5. The molecular formula is C17H22N4O2S. The summed E-state index contributed by atoms with van der Waals surface area (Å²) >= 11 is 1.81. The number of carbonyl (C=O) groups excluding carboxylic acids is 1. The molecule has 0 unspecified atom stereocenters. The lowest BCUT2D eigenvalue weighted by atomic mass is 10.1. The van der Waals surface area contributed by atoms with E-state index in [0.717, 1.165) is 48.7 Å². The Kier molecular flexibility index (Phi) is 4.26. The van der Waals surface area contributed by atoms with Crippen LogP contribution in [0.15, 0.2) is 10.6 Å². The van der Waals surface area contributed by atoms with Crippen LogP contribution in [-0.4, -0.2) is 34.2 Å². The van der Waals surface area contributed by atoms with Crippen LogP contribution in [0.2, 0.25) is 0 Å².